The van der Waals surface area contributed by atoms with Gasteiger partial charge in [-0.3, -0.25) is 9.59 Å². The van der Waals surface area contributed by atoms with Crippen molar-refractivity contribution in [3.8, 4) is 0 Å². The number of carbonyl (C=O) groups is 3. The Morgan fingerprint density at radius 1 is 1.03 bits per heavy atom. The standard InChI is InChI=1S/C27H36ClN3O4/c1-8-14-31(22(32)16-29-26(34)35-27(5,6)7)24(20-13-12-17(2)19(4)15-20)25(33)30-23-18(3)10-9-11-21(23)28/h9-13,15,24H,8,14,16H2,1-7H3,(H,29,34)(H,30,33). The van der Waals surface area contributed by atoms with Crippen molar-refractivity contribution in [2.45, 2.75) is 66.5 Å². The van der Waals surface area contributed by atoms with Crippen LogP contribution >= 0.6 is 11.6 Å². The Morgan fingerprint density at radius 3 is 2.29 bits per heavy atom. The molecule has 7 nitrogen and oxygen atoms in total. The number of halogens is 1. The van der Waals surface area contributed by atoms with E-state index in [-0.39, 0.29) is 12.5 Å². The van der Waals surface area contributed by atoms with Gasteiger partial charge in [0.1, 0.15) is 18.2 Å². The van der Waals surface area contributed by atoms with Gasteiger partial charge in [0.15, 0.2) is 0 Å². The number of anilines is 1. The lowest BCUT2D eigenvalue weighted by molar-refractivity contribution is -0.138. The minimum atomic E-state index is -0.919. The van der Waals surface area contributed by atoms with E-state index in [2.05, 4.69) is 10.6 Å². The summed E-state index contributed by atoms with van der Waals surface area (Å²) in [7, 11) is 0. The summed E-state index contributed by atoms with van der Waals surface area (Å²) in [5.74, 6) is -0.782. The topological polar surface area (TPSA) is 87.7 Å². The van der Waals surface area contributed by atoms with Crippen LogP contribution in [0.1, 0.15) is 62.4 Å². The van der Waals surface area contributed by atoms with Crippen LogP contribution in [0.15, 0.2) is 36.4 Å². The number of aryl methyl sites for hydroxylation is 3. The van der Waals surface area contributed by atoms with Gasteiger partial charge >= 0.3 is 6.09 Å². The number of rotatable bonds is 8. The highest BCUT2D eigenvalue weighted by molar-refractivity contribution is 6.34. The number of hydrogen-bond acceptors (Lipinski definition) is 4. The molecule has 0 saturated heterocycles. The Morgan fingerprint density at radius 2 is 1.71 bits per heavy atom. The van der Waals surface area contributed by atoms with Gasteiger partial charge < -0.3 is 20.3 Å². The maximum absolute atomic E-state index is 13.7. The maximum Gasteiger partial charge on any atom is 0.408 e. The molecular weight excluding hydrogens is 466 g/mol. The number of hydrogen-bond donors (Lipinski definition) is 2. The second-order valence-electron chi connectivity index (χ2n) is 9.61. The zero-order chi connectivity index (χ0) is 26.3. The minimum absolute atomic E-state index is 0.297. The second-order valence-corrected chi connectivity index (χ2v) is 10.0. The van der Waals surface area contributed by atoms with Crippen LogP contribution in [0.25, 0.3) is 0 Å². The van der Waals surface area contributed by atoms with E-state index in [1.165, 1.54) is 4.90 Å². The van der Waals surface area contributed by atoms with Gasteiger partial charge in [-0.05, 0) is 76.3 Å². The van der Waals surface area contributed by atoms with Gasteiger partial charge in [0.2, 0.25) is 5.91 Å². The summed E-state index contributed by atoms with van der Waals surface area (Å²) in [4.78, 5) is 40.6. The first-order chi connectivity index (χ1) is 16.3. The summed E-state index contributed by atoms with van der Waals surface area (Å²) in [5, 5.41) is 5.84. The number of nitrogens with one attached hydrogen (secondary N) is 2. The predicted molar refractivity (Wildman–Crippen MR) is 140 cm³/mol. The first kappa shape index (κ1) is 28.2. The fourth-order valence-corrected chi connectivity index (χ4v) is 3.86. The summed E-state index contributed by atoms with van der Waals surface area (Å²) in [6.07, 6.45) is -0.0704. The van der Waals surface area contributed by atoms with Crippen LogP contribution in [0.2, 0.25) is 5.02 Å². The molecule has 2 N–H and O–H groups in total. The van der Waals surface area contributed by atoms with Gasteiger partial charge in [-0.15, -0.1) is 0 Å². The summed E-state index contributed by atoms with van der Waals surface area (Å²) in [6.45, 7) is 13.0. The quantitative estimate of drug-likeness (QED) is 0.485. The number of para-hydroxylation sites is 1. The molecule has 1 unspecified atom stereocenters. The van der Waals surface area contributed by atoms with E-state index in [1.54, 1.807) is 26.8 Å². The molecule has 2 aromatic rings. The predicted octanol–water partition coefficient (Wildman–Crippen LogP) is 5.71. The fourth-order valence-electron chi connectivity index (χ4n) is 3.59. The number of alkyl carbamates (subject to hydrolysis) is 1. The molecule has 0 spiro atoms. The van der Waals surface area contributed by atoms with Crippen molar-refractivity contribution in [3.05, 3.63) is 63.7 Å². The summed E-state index contributed by atoms with van der Waals surface area (Å²) in [6, 6.07) is 10.1. The highest BCUT2D eigenvalue weighted by Gasteiger charge is 2.32. The zero-order valence-corrected chi connectivity index (χ0v) is 22.4. The third-order valence-corrected chi connectivity index (χ3v) is 5.76. The molecule has 8 heteroatoms. The van der Waals surface area contributed by atoms with Crippen LogP contribution in [0, 0.1) is 20.8 Å². The van der Waals surface area contributed by atoms with Gasteiger partial charge in [0.05, 0.1) is 10.7 Å². The molecule has 0 bridgehead atoms. The molecule has 0 aliphatic heterocycles. The van der Waals surface area contributed by atoms with Crippen LogP contribution in [-0.4, -0.2) is 41.5 Å². The SMILES string of the molecule is CCCN(C(=O)CNC(=O)OC(C)(C)C)C(C(=O)Nc1c(C)cccc1Cl)c1ccc(C)c(C)c1. The van der Waals surface area contributed by atoms with Crippen molar-refractivity contribution in [1.82, 2.24) is 10.2 Å². The van der Waals surface area contributed by atoms with E-state index in [1.807, 2.05) is 58.0 Å². The number of carbonyl (C=O) groups excluding carboxylic acids is 3. The molecule has 2 rings (SSSR count). The smallest absolute Gasteiger partial charge is 0.408 e. The van der Waals surface area contributed by atoms with E-state index in [4.69, 9.17) is 16.3 Å². The van der Waals surface area contributed by atoms with Gasteiger partial charge in [-0.2, -0.15) is 0 Å². The third kappa shape index (κ3) is 7.99. The molecule has 1 atom stereocenters. The van der Waals surface area contributed by atoms with Gasteiger partial charge in [0.25, 0.3) is 5.91 Å². The van der Waals surface area contributed by atoms with Crippen LogP contribution < -0.4 is 10.6 Å². The molecule has 0 radical (unpaired) electrons. The minimum Gasteiger partial charge on any atom is -0.444 e. The van der Waals surface area contributed by atoms with Crippen molar-refractivity contribution in [1.29, 1.82) is 0 Å². The molecule has 0 aliphatic rings. The molecule has 190 valence electrons. The van der Waals surface area contributed by atoms with Crippen molar-refractivity contribution >= 4 is 35.2 Å². The molecule has 0 fully saturated rings. The third-order valence-electron chi connectivity index (χ3n) is 5.44. The largest absolute Gasteiger partial charge is 0.444 e. The Hall–Kier alpha value is -3.06. The normalized spacial score (nSPS) is 12.0. The Labute approximate surface area is 213 Å². The number of nitrogens with zero attached hydrogens (tertiary/aromatic N) is 1. The number of amides is 3. The average Bonchev–Trinajstić information content (AvgIpc) is 2.75. The molecule has 0 aliphatic carbocycles. The summed E-state index contributed by atoms with van der Waals surface area (Å²) < 4.78 is 5.24. The zero-order valence-electron chi connectivity index (χ0n) is 21.6. The number of benzene rings is 2. The fraction of sp³-hybridized carbons (Fsp3) is 0.444. The van der Waals surface area contributed by atoms with E-state index < -0.39 is 23.6 Å². The van der Waals surface area contributed by atoms with Crippen LogP contribution in [-0.2, 0) is 14.3 Å². The van der Waals surface area contributed by atoms with E-state index in [9.17, 15) is 14.4 Å². The Bertz CT molecular complexity index is 1060. The van der Waals surface area contributed by atoms with Crippen molar-refractivity contribution in [3.63, 3.8) is 0 Å². The molecule has 35 heavy (non-hydrogen) atoms. The van der Waals surface area contributed by atoms with E-state index in [0.717, 1.165) is 16.7 Å². The molecule has 3 amide bonds. The lowest BCUT2D eigenvalue weighted by Crippen LogP contribution is -2.46. The maximum atomic E-state index is 13.7. The average molecular weight is 502 g/mol. The molecule has 0 heterocycles. The van der Waals surface area contributed by atoms with Gasteiger partial charge in [-0.1, -0.05) is 48.9 Å². The van der Waals surface area contributed by atoms with Crippen molar-refractivity contribution in [2.24, 2.45) is 0 Å². The lowest BCUT2D eigenvalue weighted by Gasteiger charge is -2.32. The van der Waals surface area contributed by atoms with Gasteiger partial charge in [0, 0.05) is 6.54 Å². The van der Waals surface area contributed by atoms with Crippen LogP contribution in [0.4, 0.5) is 10.5 Å². The van der Waals surface area contributed by atoms with E-state index in [0.29, 0.717) is 29.2 Å². The van der Waals surface area contributed by atoms with Gasteiger partial charge in [-0.25, -0.2) is 4.79 Å². The first-order valence-electron chi connectivity index (χ1n) is 11.7. The highest BCUT2D eigenvalue weighted by atomic mass is 35.5. The second kappa shape index (κ2) is 12.1. The first-order valence-corrected chi connectivity index (χ1v) is 12.1. The number of ether oxygens (including phenoxy) is 1. The lowest BCUT2D eigenvalue weighted by atomic mass is 9.98. The molecule has 0 aromatic heterocycles. The Kier molecular flexibility index (Phi) is 9.72. The molecule has 0 saturated carbocycles. The summed E-state index contributed by atoms with van der Waals surface area (Å²) in [5.41, 5.74) is 3.38. The van der Waals surface area contributed by atoms with E-state index >= 15 is 0 Å². The summed E-state index contributed by atoms with van der Waals surface area (Å²) >= 11 is 6.35. The van der Waals surface area contributed by atoms with Crippen LogP contribution in [0.5, 0.6) is 0 Å². The Balaban J connectivity index is 2.41. The molecule has 2 aromatic carbocycles. The van der Waals surface area contributed by atoms with Crippen LogP contribution in [0.3, 0.4) is 0 Å². The highest BCUT2D eigenvalue weighted by Crippen LogP contribution is 2.30. The monoisotopic (exact) mass is 501 g/mol. The van der Waals surface area contributed by atoms with Crippen molar-refractivity contribution < 1.29 is 19.1 Å². The van der Waals surface area contributed by atoms with Crippen molar-refractivity contribution in [2.75, 3.05) is 18.4 Å². The molecular formula is C27H36ClN3O4.